The molecule has 1 saturated carbocycles. The molecule has 1 amide bonds. The van der Waals surface area contributed by atoms with E-state index in [0.29, 0.717) is 12.3 Å². The Morgan fingerprint density at radius 1 is 1.37 bits per heavy atom. The van der Waals surface area contributed by atoms with Crippen LogP contribution in [-0.2, 0) is 4.79 Å². The Morgan fingerprint density at radius 3 is 2.68 bits per heavy atom. The zero-order chi connectivity index (χ0) is 13.9. The average Bonchev–Trinajstić information content (AvgIpc) is 2.35. The molecule has 0 atom stereocenters. The molecule has 1 aromatic carbocycles. The zero-order valence-electron chi connectivity index (χ0n) is 11.5. The van der Waals surface area contributed by atoms with Crippen molar-refractivity contribution in [2.24, 2.45) is 0 Å². The maximum Gasteiger partial charge on any atom is 0.258 e. The van der Waals surface area contributed by atoms with Gasteiger partial charge < -0.3 is 15.2 Å². The fourth-order valence-electron chi connectivity index (χ4n) is 2.03. The summed E-state index contributed by atoms with van der Waals surface area (Å²) in [4.78, 5) is 11.6. The molecule has 0 spiro atoms. The van der Waals surface area contributed by atoms with Gasteiger partial charge in [0.15, 0.2) is 6.61 Å². The van der Waals surface area contributed by atoms with Crippen LogP contribution in [0.1, 0.15) is 30.4 Å². The lowest BCUT2D eigenvalue weighted by molar-refractivity contribution is -0.125. The van der Waals surface area contributed by atoms with Crippen LogP contribution in [0.5, 0.6) is 5.75 Å². The lowest BCUT2D eigenvalue weighted by atomic mass is 9.80. The predicted molar refractivity (Wildman–Crippen MR) is 73.2 cm³/mol. The maximum absolute atomic E-state index is 11.6. The van der Waals surface area contributed by atoms with E-state index in [-0.39, 0.29) is 12.5 Å². The first kappa shape index (κ1) is 13.9. The number of ether oxygens (including phenoxy) is 1. The normalized spacial score (nSPS) is 16.6. The van der Waals surface area contributed by atoms with Crippen LogP contribution in [0.25, 0.3) is 0 Å². The van der Waals surface area contributed by atoms with Gasteiger partial charge in [0.2, 0.25) is 0 Å². The van der Waals surface area contributed by atoms with Gasteiger partial charge in [-0.3, -0.25) is 4.79 Å². The van der Waals surface area contributed by atoms with E-state index in [4.69, 9.17) is 4.74 Å². The molecule has 1 aliphatic rings. The first-order chi connectivity index (χ1) is 8.98. The minimum absolute atomic E-state index is 0.0153. The van der Waals surface area contributed by atoms with E-state index >= 15 is 0 Å². The number of nitrogens with one attached hydrogen (secondary N) is 1. The van der Waals surface area contributed by atoms with Crippen molar-refractivity contribution in [1.29, 1.82) is 0 Å². The molecule has 4 heteroatoms. The lowest BCUT2D eigenvalue weighted by Crippen LogP contribution is -2.48. The number of aliphatic hydroxyl groups is 1. The van der Waals surface area contributed by atoms with Gasteiger partial charge in [-0.2, -0.15) is 0 Å². The summed E-state index contributed by atoms with van der Waals surface area (Å²) in [5.41, 5.74) is 1.65. The highest BCUT2D eigenvalue weighted by Gasteiger charge is 2.34. The number of benzene rings is 1. The van der Waals surface area contributed by atoms with Crippen LogP contribution in [0.3, 0.4) is 0 Å². The van der Waals surface area contributed by atoms with Gasteiger partial charge in [0.05, 0.1) is 5.60 Å². The van der Waals surface area contributed by atoms with Gasteiger partial charge in [0.25, 0.3) is 5.91 Å². The molecule has 1 aliphatic carbocycles. The first-order valence-corrected chi connectivity index (χ1v) is 6.68. The molecule has 2 N–H and O–H groups in total. The molecule has 0 saturated heterocycles. The van der Waals surface area contributed by atoms with Crippen molar-refractivity contribution in [3.63, 3.8) is 0 Å². The number of amides is 1. The molecular formula is C15H21NO3. The molecule has 19 heavy (non-hydrogen) atoms. The van der Waals surface area contributed by atoms with Crippen molar-refractivity contribution >= 4 is 5.91 Å². The van der Waals surface area contributed by atoms with Crippen molar-refractivity contribution < 1.29 is 14.6 Å². The van der Waals surface area contributed by atoms with Crippen molar-refractivity contribution in [3.05, 3.63) is 29.3 Å². The average molecular weight is 263 g/mol. The van der Waals surface area contributed by atoms with E-state index < -0.39 is 5.60 Å². The summed E-state index contributed by atoms with van der Waals surface area (Å²) in [7, 11) is 0. The highest BCUT2D eigenvalue weighted by atomic mass is 16.5. The van der Waals surface area contributed by atoms with E-state index in [1.807, 2.05) is 32.0 Å². The van der Waals surface area contributed by atoms with Crippen LogP contribution in [0.4, 0.5) is 0 Å². The topological polar surface area (TPSA) is 58.6 Å². The third-order valence-corrected chi connectivity index (χ3v) is 3.75. The molecule has 4 nitrogen and oxygen atoms in total. The highest BCUT2D eigenvalue weighted by molar-refractivity contribution is 5.77. The second-order valence-electron chi connectivity index (χ2n) is 5.39. The molecule has 0 heterocycles. The zero-order valence-corrected chi connectivity index (χ0v) is 11.5. The van der Waals surface area contributed by atoms with Gasteiger partial charge in [-0.25, -0.2) is 0 Å². The quantitative estimate of drug-likeness (QED) is 0.850. The van der Waals surface area contributed by atoms with Gasteiger partial charge in [0.1, 0.15) is 5.75 Å². The molecule has 1 fully saturated rings. The van der Waals surface area contributed by atoms with E-state index in [1.165, 1.54) is 5.56 Å². The highest BCUT2D eigenvalue weighted by Crippen LogP contribution is 2.30. The predicted octanol–water partition coefficient (Wildman–Crippen LogP) is 1.71. The van der Waals surface area contributed by atoms with Crippen molar-refractivity contribution in [1.82, 2.24) is 5.32 Å². The van der Waals surface area contributed by atoms with E-state index in [9.17, 15) is 9.90 Å². The summed E-state index contributed by atoms with van der Waals surface area (Å²) in [5.74, 6) is 0.499. The minimum atomic E-state index is -0.684. The van der Waals surface area contributed by atoms with Gasteiger partial charge in [-0.1, -0.05) is 6.07 Å². The van der Waals surface area contributed by atoms with E-state index in [1.54, 1.807) is 0 Å². The SMILES string of the molecule is Cc1ccc(OCC(=O)NCC2(O)CCC2)cc1C. The number of carbonyl (C=O) groups is 1. The van der Waals surface area contributed by atoms with Crippen LogP contribution in [-0.4, -0.2) is 29.8 Å². The number of aryl methyl sites for hydroxylation is 2. The van der Waals surface area contributed by atoms with Crippen LogP contribution in [0.15, 0.2) is 18.2 Å². The van der Waals surface area contributed by atoms with E-state index in [0.717, 1.165) is 24.8 Å². The van der Waals surface area contributed by atoms with Crippen LogP contribution in [0.2, 0.25) is 0 Å². The van der Waals surface area contributed by atoms with Crippen molar-refractivity contribution in [2.45, 2.75) is 38.7 Å². The summed E-state index contributed by atoms with van der Waals surface area (Å²) in [6, 6.07) is 5.75. The fourth-order valence-corrected chi connectivity index (χ4v) is 2.03. The standard InChI is InChI=1S/C15H21NO3/c1-11-4-5-13(8-12(11)2)19-9-14(17)16-10-15(18)6-3-7-15/h4-5,8,18H,3,6-7,9-10H2,1-2H3,(H,16,17). The maximum atomic E-state index is 11.6. The summed E-state index contributed by atoms with van der Waals surface area (Å²) < 4.78 is 5.43. The fraction of sp³-hybridized carbons (Fsp3) is 0.533. The Labute approximate surface area is 113 Å². The molecule has 2 rings (SSSR count). The molecule has 0 radical (unpaired) electrons. The van der Waals surface area contributed by atoms with Gasteiger partial charge in [-0.05, 0) is 56.4 Å². The van der Waals surface area contributed by atoms with E-state index in [2.05, 4.69) is 5.32 Å². The molecular weight excluding hydrogens is 242 g/mol. The van der Waals surface area contributed by atoms with Crippen molar-refractivity contribution in [3.8, 4) is 5.75 Å². The molecule has 104 valence electrons. The third kappa shape index (κ3) is 3.70. The third-order valence-electron chi connectivity index (χ3n) is 3.75. The van der Waals surface area contributed by atoms with Crippen LogP contribution in [0, 0.1) is 13.8 Å². The molecule has 0 bridgehead atoms. The second-order valence-corrected chi connectivity index (χ2v) is 5.39. The summed E-state index contributed by atoms with van der Waals surface area (Å²) in [6.45, 7) is 4.35. The molecule has 0 aromatic heterocycles. The largest absolute Gasteiger partial charge is 0.484 e. The molecule has 0 unspecified atom stereocenters. The monoisotopic (exact) mass is 263 g/mol. The minimum Gasteiger partial charge on any atom is -0.484 e. The van der Waals surface area contributed by atoms with Gasteiger partial charge in [0, 0.05) is 6.54 Å². The van der Waals surface area contributed by atoms with Gasteiger partial charge >= 0.3 is 0 Å². The Bertz CT molecular complexity index is 466. The number of carbonyl (C=O) groups excluding carboxylic acids is 1. The van der Waals surface area contributed by atoms with Crippen molar-refractivity contribution in [2.75, 3.05) is 13.2 Å². The summed E-state index contributed by atoms with van der Waals surface area (Å²) in [6.07, 6.45) is 2.57. The Balaban J connectivity index is 1.75. The summed E-state index contributed by atoms with van der Waals surface area (Å²) >= 11 is 0. The smallest absolute Gasteiger partial charge is 0.258 e. The summed E-state index contributed by atoms with van der Waals surface area (Å²) in [5, 5.41) is 12.6. The number of hydrogen-bond acceptors (Lipinski definition) is 3. The molecule has 0 aliphatic heterocycles. The lowest BCUT2D eigenvalue weighted by Gasteiger charge is -2.36. The first-order valence-electron chi connectivity index (χ1n) is 6.68. The second kappa shape index (κ2) is 5.61. The Hall–Kier alpha value is -1.55. The number of hydrogen-bond donors (Lipinski definition) is 2. The Kier molecular flexibility index (Phi) is 4.10. The van der Waals surface area contributed by atoms with Crippen LogP contribution >= 0.6 is 0 Å². The van der Waals surface area contributed by atoms with Crippen LogP contribution < -0.4 is 10.1 Å². The molecule has 1 aromatic rings. The Morgan fingerprint density at radius 2 is 2.11 bits per heavy atom. The number of rotatable bonds is 5. The van der Waals surface area contributed by atoms with Gasteiger partial charge in [-0.15, -0.1) is 0 Å².